The molecule has 0 spiro atoms. The zero-order valence-corrected chi connectivity index (χ0v) is 26.0. The van der Waals surface area contributed by atoms with Gasteiger partial charge in [0.05, 0.1) is 13.2 Å². The van der Waals surface area contributed by atoms with Crippen LogP contribution in [0.5, 0.6) is 0 Å². The Morgan fingerprint density at radius 3 is 2.27 bits per heavy atom. The fourth-order valence-corrected chi connectivity index (χ4v) is 6.92. The second-order valence-corrected chi connectivity index (χ2v) is 12.9. The van der Waals surface area contributed by atoms with E-state index in [-0.39, 0.29) is 19.1 Å². The van der Waals surface area contributed by atoms with Crippen molar-refractivity contribution in [3.63, 3.8) is 0 Å². The summed E-state index contributed by atoms with van der Waals surface area (Å²) in [7, 11) is 0. The summed E-state index contributed by atoms with van der Waals surface area (Å²) in [4.78, 5) is 28.0. The maximum absolute atomic E-state index is 14.1. The first-order valence-corrected chi connectivity index (χ1v) is 15.4. The third-order valence-electron chi connectivity index (χ3n) is 9.11. The second kappa shape index (κ2) is 12.8. The highest BCUT2D eigenvalue weighted by Gasteiger charge is 2.71. The maximum Gasteiger partial charge on any atom is 0.423 e. The van der Waals surface area contributed by atoms with Gasteiger partial charge in [0.25, 0.3) is 12.3 Å². The minimum Gasteiger partial charge on any atom is -0.493 e. The minimum atomic E-state index is -5.24. The van der Waals surface area contributed by atoms with E-state index in [0.717, 1.165) is 0 Å². The lowest BCUT2D eigenvalue weighted by atomic mass is 9.69. The summed E-state index contributed by atoms with van der Waals surface area (Å²) >= 11 is 0. The van der Waals surface area contributed by atoms with E-state index in [2.05, 4.69) is 5.32 Å². The molecule has 4 unspecified atom stereocenters. The van der Waals surface area contributed by atoms with E-state index in [1.165, 1.54) is 11.0 Å². The SMILES string of the molecule is CCCC1=CC2C(COC2(C(F)F)C(F)(F)F)C(CCC)=C1OCCCCN1C(=O)NC(c2ccccc2)(C(C)(C)C)C1=O. The summed E-state index contributed by atoms with van der Waals surface area (Å²) in [6.45, 7) is 9.35. The average molecular weight is 627 g/mol. The topological polar surface area (TPSA) is 67.9 Å². The van der Waals surface area contributed by atoms with Crippen LogP contribution in [-0.4, -0.2) is 54.8 Å². The van der Waals surface area contributed by atoms with Gasteiger partial charge in [-0.1, -0.05) is 83.9 Å². The molecule has 0 saturated carbocycles. The highest BCUT2D eigenvalue weighted by molar-refractivity contribution is 6.08. The summed E-state index contributed by atoms with van der Waals surface area (Å²) in [6, 6.07) is 8.68. The van der Waals surface area contributed by atoms with Crippen molar-refractivity contribution in [2.45, 2.75) is 96.9 Å². The Morgan fingerprint density at radius 1 is 1.05 bits per heavy atom. The highest BCUT2D eigenvalue weighted by Crippen LogP contribution is 2.56. The number of hydrogen-bond acceptors (Lipinski definition) is 4. The summed E-state index contributed by atoms with van der Waals surface area (Å²) in [5.41, 5.74) is -3.60. The molecule has 0 aromatic heterocycles. The van der Waals surface area contributed by atoms with Gasteiger partial charge in [-0.2, -0.15) is 13.2 Å². The van der Waals surface area contributed by atoms with Crippen molar-refractivity contribution in [1.82, 2.24) is 10.2 Å². The molecule has 1 aliphatic carbocycles. The van der Waals surface area contributed by atoms with Gasteiger partial charge in [-0.15, -0.1) is 0 Å². The monoisotopic (exact) mass is 626 g/mol. The van der Waals surface area contributed by atoms with Crippen molar-refractivity contribution in [1.29, 1.82) is 0 Å². The molecule has 44 heavy (non-hydrogen) atoms. The van der Waals surface area contributed by atoms with Crippen molar-refractivity contribution >= 4 is 11.9 Å². The van der Waals surface area contributed by atoms with Crippen molar-refractivity contribution in [2.75, 3.05) is 19.8 Å². The lowest BCUT2D eigenvalue weighted by molar-refractivity contribution is -0.308. The average Bonchev–Trinajstić information content (AvgIpc) is 3.46. The van der Waals surface area contributed by atoms with Crippen LogP contribution in [-0.2, 0) is 19.8 Å². The number of halogens is 5. The van der Waals surface area contributed by atoms with Crippen molar-refractivity contribution < 1.29 is 41.0 Å². The molecule has 6 nitrogen and oxygen atoms in total. The lowest BCUT2D eigenvalue weighted by Gasteiger charge is -2.39. The molecule has 1 N–H and O–H groups in total. The molecule has 3 aliphatic rings. The highest BCUT2D eigenvalue weighted by atomic mass is 19.4. The zero-order valence-electron chi connectivity index (χ0n) is 26.0. The number of imide groups is 1. The second-order valence-electron chi connectivity index (χ2n) is 12.9. The van der Waals surface area contributed by atoms with Crippen LogP contribution < -0.4 is 5.32 Å². The molecule has 1 aromatic rings. The fraction of sp³-hybridized carbons (Fsp3) is 0.636. The Bertz CT molecular complexity index is 1270. The van der Waals surface area contributed by atoms with E-state index in [0.29, 0.717) is 61.0 Å². The van der Waals surface area contributed by atoms with Crippen LogP contribution in [0.4, 0.5) is 26.7 Å². The van der Waals surface area contributed by atoms with Crippen LogP contribution in [0.25, 0.3) is 0 Å². The quantitative estimate of drug-likeness (QED) is 0.146. The predicted octanol–water partition coefficient (Wildman–Crippen LogP) is 7.90. The Morgan fingerprint density at radius 2 is 1.70 bits per heavy atom. The zero-order chi connectivity index (χ0) is 32.5. The van der Waals surface area contributed by atoms with Gasteiger partial charge in [0.15, 0.2) is 5.54 Å². The van der Waals surface area contributed by atoms with Crippen molar-refractivity contribution in [2.24, 2.45) is 17.3 Å². The number of unbranched alkanes of at least 4 members (excludes halogenated alkanes) is 1. The minimum absolute atomic E-state index is 0.165. The number of fused-ring (bicyclic) bond motifs is 1. The summed E-state index contributed by atoms with van der Waals surface area (Å²) in [5, 5.41) is 2.95. The first-order valence-electron chi connectivity index (χ1n) is 15.4. The number of hydrogen-bond donors (Lipinski definition) is 1. The molecular weight excluding hydrogens is 583 g/mol. The molecule has 2 saturated heterocycles. The van der Waals surface area contributed by atoms with Gasteiger partial charge in [0.2, 0.25) is 5.60 Å². The van der Waals surface area contributed by atoms with Crippen molar-refractivity contribution in [3.8, 4) is 0 Å². The number of nitrogens with zero attached hydrogens (tertiary/aromatic N) is 1. The number of alkyl halides is 5. The number of amides is 3. The van der Waals surface area contributed by atoms with Gasteiger partial charge in [-0.05, 0) is 47.8 Å². The van der Waals surface area contributed by atoms with E-state index in [9.17, 15) is 31.5 Å². The molecule has 244 valence electrons. The Labute approximate surface area is 256 Å². The molecule has 4 rings (SSSR count). The number of nitrogens with one attached hydrogen (secondary N) is 1. The molecule has 2 aliphatic heterocycles. The van der Waals surface area contributed by atoms with Gasteiger partial charge in [0, 0.05) is 18.4 Å². The third-order valence-corrected chi connectivity index (χ3v) is 9.11. The first kappa shape index (κ1) is 33.9. The molecule has 3 amide bonds. The van der Waals surface area contributed by atoms with E-state index < -0.39 is 53.6 Å². The number of urea groups is 1. The van der Waals surface area contributed by atoms with E-state index in [1.54, 1.807) is 0 Å². The Balaban J connectivity index is 1.48. The van der Waals surface area contributed by atoms with Gasteiger partial charge in [0.1, 0.15) is 5.76 Å². The van der Waals surface area contributed by atoms with Crippen LogP contribution in [0.2, 0.25) is 0 Å². The fourth-order valence-electron chi connectivity index (χ4n) is 6.92. The summed E-state index contributed by atoms with van der Waals surface area (Å²) in [5.74, 6) is -2.26. The molecule has 0 bridgehead atoms. The first-order chi connectivity index (χ1) is 20.7. The number of carbonyl (C=O) groups is 2. The number of allylic oxidation sites excluding steroid dienone is 1. The summed E-state index contributed by atoms with van der Waals surface area (Å²) < 4.78 is 81.7. The molecule has 2 heterocycles. The van der Waals surface area contributed by atoms with E-state index >= 15 is 0 Å². The number of ether oxygens (including phenoxy) is 2. The van der Waals surface area contributed by atoms with Crippen LogP contribution in [0, 0.1) is 17.3 Å². The molecule has 1 aromatic carbocycles. The lowest BCUT2D eigenvalue weighted by Crippen LogP contribution is -2.56. The van der Waals surface area contributed by atoms with Gasteiger partial charge >= 0.3 is 12.2 Å². The molecular formula is C33H43F5N2O4. The summed E-state index contributed by atoms with van der Waals surface area (Å²) in [6.07, 6.45) is -4.81. The van der Waals surface area contributed by atoms with Crippen LogP contribution in [0.3, 0.4) is 0 Å². The van der Waals surface area contributed by atoms with Crippen LogP contribution in [0.1, 0.15) is 78.7 Å². The standard InChI is InChI=1S/C33H43F5N2O4/c1-6-13-21-19-25-24(20-44-32(25,27(34)35)33(36,37)38)23(14-7-2)26(21)43-18-12-11-17-40-28(41)31(30(3,4)5,39-29(40)42)22-15-9-8-10-16-22/h8-10,15-16,19,24-25,27H,6-7,11-14,17-18,20H2,1-5H3,(H,39,42). The number of carbonyl (C=O) groups excluding carboxylic acids is 2. The normalized spacial score (nSPS) is 27.6. The van der Waals surface area contributed by atoms with Crippen LogP contribution >= 0.6 is 0 Å². The number of benzene rings is 1. The van der Waals surface area contributed by atoms with E-state index in [1.807, 2.05) is 65.0 Å². The Kier molecular flexibility index (Phi) is 9.88. The molecule has 0 radical (unpaired) electrons. The maximum atomic E-state index is 14.1. The Hall–Kier alpha value is -2.95. The van der Waals surface area contributed by atoms with Gasteiger partial charge < -0.3 is 14.8 Å². The smallest absolute Gasteiger partial charge is 0.423 e. The molecule has 2 fully saturated rings. The largest absolute Gasteiger partial charge is 0.493 e. The number of rotatable bonds is 12. The van der Waals surface area contributed by atoms with Crippen molar-refractivity contribution in [3.05, 3.63) is 58.9 Å². The van der Waals surface area contributed by atoms with Gasteiger partial charge in [-0.25, -0.2) is 13.6 Å². The third kappa shape index (κ3) is 5.65. The van der Waals surface area contributed by atoms with Crippen LogP contribution in [0.15, 0.2) is 53.3 Å². The van der Waals surface area contributed by atoms with Gasteiger partial charge in [-0.3, -0.25) is 9.69 Å². The molecule has 4 atom stereocenters. The predicted molar refractivity (Wildman–Crippen MR) is 156 cm³/mol. The van der Waals surface area contributed by atoms with E-state index in [4.69, 9.17) is 9.47 Å². The molecule has 11 heteroatoms.